The zero-order valence-electron chi connectivity index (χ0n) is 19.8. The Balaban J connectivity index is 0.000000357. The molecule has 2 heterocycles. The van der Waals surface area contributed by atoms with Crippen LogP contribution in [0.1, 0.15) is 25.0 Å². The van der Waals surface area contributed by atoms with Crippen LogP contribution in [0.3, 0.4) is 0 Å². The smallest absolute Gasteiger partial charge is 0.155 e. The van der Waals surface area contributed by atoms with E-state index >= 15 is 0 Å². The summed E-state index contributed by atoms with van der Waals surface area (Å²) >= 11 is 0. The molecule has 175 valence electrons. The third-order valence-electron chi connectivity index (χ3n) is 5.46. The van der Waals surface area contributed by atoms with Crippen LogP contribution in [-0.4, -0.2) is 25.4 Å². The molecule has 5 nitrogen and oxygen atoms in total. The third-order valence-corrected chi connectivity index (χ3v) is 5.46. The molecule has 2 aromatic heterocycles. The molecule has 0 spiro atoms. The molecule has 0 fully saturated rings. The van der Waals surface area contributed by atoms with E-state index in [0.29, 0.717) is 0 Å². The number of hydrogen-bond donors (Lipinski definition) is 1. The van der Waals surface area contributed by atoms with Gasteiger partial charge in [0.15, 0.2) is 5.78 Å². The standard InChI is InChI=1S/C23H18N3.C5H8O2.Ir/c1-14-10-15(2)12-17(11-14)20-23-21(25-13-24-20)19-9-8-16-6-4-5-7-18(16)22(19)26(23)3;1-4(6)3-5(2)7;/h4-11,13H,1-3H3;3,6H,1-2H3;/q-1;;/b;4-3-;. The largest absolute Gasteiger partial charge is 0.512 e. The fourth-order valence-electron chi connectivity index (χ4n) is 4.33. The van der Waals surface area contributed by atoms with Crippen molar-refractivity contribution in [3.8, 4) is 11.3 Å². The number of aryl methyl sites for hydroxylation is 3. The first-order valence-electron chi connectivity index (χ1n) is 10.8. The van der Waals surface area contributed by atoms with Crippen molar-refractivity contribution in [3.05, 3.63) is 83.9 Å². The van der Waals surface area contributed by atoms with Gasteiger partial charge in [-0.15, -0.1) is 34.9 Å². The summed E-state index contributed by atoms with van der Waals surface area (Å²) in [5.41, 5.74) is 7.54. The number of carbonyl (C=O) groups is 1. The molecule has 5 rings (SSSR count). The number of aliphatic hydroxyl groups is 1. The van der Waals surface area contributed by atoms with Crippen LogP contribution in [0, 0.1) is 19.9 Å². The second kappa shape index (κ2) is 10.3. The summed E-state index contributed by atoms with van der Waals surface area (Å²) in [5, 5.41) is 12.0. The molecule has 0 saturated carbocycles. The van der Waals surface area contributed by atoms with E-state index in [-0.39, 0.29) is 31.6 Å². The van der Waals surface area contributed by atoms with Gasteiger partial charge < -0.3 is 9.67 Å². The first kappa shape index (κ1) is 25.3. The van der Waals surface area contributed by atoms with Crippen molar-refractivity contribution in [1.29, 1.82) is 0 Å². The van der Waals surface area contributed by atoms with Crippen molar-refractivity contribution in [2.24, 2.45) is 7.05 Å². The molecule has 0 aliphatic heterocycles. The molecule has 3 aromatic carbocycles. The zero-order valence-corrected chi connectivity index (χ0v) is 22.2. The van der Waals surface area contributed by atoms with E-state index in [1.165, 1.54) is 41.8 Å². The minimum atomic E-state index is -0.125. The van der Waals surface area contributed by atoms with Gasteiger partial charge in [0.25, 0.3) is 0 Å². The van der Waals surface area contributed by atoms with E-state index in [9.17, 15) is 4.79 Å². The summed E-state index contributed by atoms with van der Waals surface area (Å²) in [5.74, 6) is -0.0625. The summed E-state index contributed by atoms with van der Waals surface area (Å²) in [7, 11) is 2.10. The molecular formula is C28H26IrN3O2-. The van der Waals surface area contributed by atoms with Crippen molar-refractivity contribution >= 4 is 38.5 Å². The summed E-state index contributed by atoms with van der Waals surface area (Å²) in [6.45, 7) is 7.03. The van der Waals surface area contributed by atoms with Gasteiger partial charge in [0, 0.05) is 49.7 Å². The van der Waals surface area contributed by atoms with E-state index in [4.69, 9.17) is 5.11 Å². The van der Waals surface area contributed by atoms with Crippen molar-refractivity contribution in [1.82, 2.24) is 14.5 Å². The average molecular weight is 629 g/mol. The minimum absolute atomic E-state index is 0. The third kappa shape index (κ3) is 4.93. The molecule has 34 heavy (non-hydrogen) atoms. The maximum absolute atomic E-state index is 10.0. The maximum atomic E-state index is 10.0. The Morgan fingerprint density at radius 2 is 1.74 bits per heavy atom. The van der Waals surface area contributed by atoms with Crippen LogP contribution in [0.25, 0.3) is 44.0 Å². The number of aromatic nitrogens is 3. The van der Waals surface area contributed by atoms with Crippen LogP contribution in [0.15, 0.2) is 66.7 Å². The number of carbonyl (C=O) groups excluding carboxylic acids is 1. The number of hydrogen-bond acceptors (Lipinski definition) is 4. The molecule has 0 amide bonds. The summed E-state index contributed by atoms with van der Waals surface area (Å²) in [6.07, 6.45) is 2.83. The predicted molar refractivity (Wildman–Crippen MR) is 134 cm³/mol. The molecule has 5 aromatic rings. The summed E-state index contributed by atoms with van der Waals surface area (Å²) in [6, 6.07) is 20.6. The van der Waals surface area contributed by atoms with Crippen molar-refractivity contribution in [2.45, 2.75) is 27.7 Å². The fourth-order valence-corrected chi connectivity index (χ4v) is 4.33. The Bertz CT molecular complexity index is 1530. The van der Waals surface area contributed by atoms with E-state index in [1.54, 1.807) is 6.33 Å². The van der Waals surface area contributed by atoms with Gasteiger partial charge in [0.1, 0.15) is 6.33 Å². The van der Waals surface area contributed by atoms with Crippen molar-refractivity contribution < 1.29 is 30.0 Å². The Morgan fingerprint density at radius 3 is 2.38 bits per heavy atom. The second-order valence-electron chi connectivity index (χ2n) is 8.31. The van der Waals surface area contributed by atoms with Gasteiger partial charge in [0.2, 0.25) is 0 Å². The van der Waals surface area contributed by atoms with Gasteiger partial charge in [0.05, 0.1) is 22.3 Å². The monoisotopic (exact) mass is 629 g/mol. The molecule has 0 unspecified atom stereocenters. The number of rotatable bonds is 2. The molecule has 0 aliphatic rings. The van der Waals surface area contributed by atoms with E-state index in [1.807, 2.05) is 0 Å². The van der Waals surface area contributed by atoms with Gasteiger partial charge in [-0.2, -0.15) is 0 Å². The van der Waals surface area contributed by atoms with Gasteiger partial charge in [-0.3, -0.25) is 9.78 Å². The molecule has 6 heteroatoms. The van der Waals surface area contributed by atoms with Gasteiger partial charge in [-0.25, -0.2) is 4.98 Å². The van der Waals surface area contributed by atoms with E-state index in [0.717, 1.165) is 33.2 Å². The average Bonchev–Trinajstić information content (AvgIpc) is 3.05. The molecule has 1 N–H and O–H groups in total. The van der Waals surface area contributed by atoms with Gasteiger partial charge >= 0.3 is 0 Å². The molecule has 1 radical (unpaired) electrons. The molecule has 0 aliphatic carbocycles. The van der Waals surface area contributed by atoms with Gasteiger partial charge in [-0.05, 0) is 19.2 Å². The number of aliphatic hydroxyl groups excluding tert-OH is 1. The number of benzene rings is 3. The maximum Gasteiger partial charge on any atom is 0.155 e. The molecule has 0 bridgehead atoms. The quantitative estimate of drug-likeness (QED) is 0.140. The number of allylic oxidation sites excluding steroid dienone is 2. The normalized spacial score (nSPS) is 11.3. The van der Waals surface area contributed by atoms with Crippen LogP contribution in [0.4, 0.5) is 0 Å². The second-order valence-corrected chi connectivity index (χ2v) is 8.31. The first-order valence-corrected chi connectivity index (χ1v) is 10.8. The fraction of sp³-hybridized carbons (Fsp3) is 0.179. The Labute approximate surface area is 212 Å². The van der Waals surface area contributed by atoms with Gasteiger partial charge in [-0.1, -0.05) is 50.2 Å². The van der Waals surface area contributed by atoms with Crippen LogP contribution in [-0.2, 0) is 31.9 Å². The zero-order chi connectivity index (χ0) is 23.7. The van der Waals surface area contributed by atoms with E-state index in [2.05, 4.69) is 90.0 Å². The molecular weight excluding hydrogens is 603 g/mol. The summed E-state index contributed by atoms with van der Waals surface area (Å²) < 4.78 is 2.23. The molecule has 0 saturated heterocycles. The minimum Gasteiger partial charge on any atom is -0.512 e. The van der Waals surface area contributed by atoms with Crippen LogP contribution in [0.5, 0.6) is 0 Å². The molecule has 0 atom stereocenters. The van der Waals surface area contributed by atoms with Crippen LogP contribution < -0.4 is 0 Å². The van der Waals surface area contributed by atoms with Crippen LogP contribution >= 0.6 is 0 Å². The van der Waals surface area contributed by atoms with E-state index < -0.39 is 0 Å². The Hall–Kier alpha value is -3.34. The Morgan fingerprint density at radius 1 is 1.00 bits per heavy atom. The predicted octanol–water partition coefficient (Wildman–Crippen LogP) is 6.39. The topological polar surface area (TPSA) is 68.0 Å². The van der Waals surface area contributed by atoms with Crippen LogP contribution in [0.2, 0.25) is 0 Å². The summed E-state index contributed by atoms with van der Waals surface area (Å²) in [4.78, 5) is 19.3. The van der Waals surface area contributed by atoms with Crippen molar-refractivity contribution in [3.63, 3.8) is 0 Å². The first-order chi connectivity index (χ1) is 15.8. The number of ketones is 1. The van der Waals surface area contributed by atoms with Crippen molar-refractivity contribution in [2.75, 3.05) is 0 Å². The SMILES string of the molecule is CC(=O)/C=C(/C)O.Cc1[c-]c(-c2ncnc3c4ccc5ccccc5c4n(C)c23)cc(C)c1.[Ir]. The number of nitrogens with zero attached hydrogens (tertiary/aromatic N) is 3. The number of fused-ring (bicyclic) bond motifs is 5. The Kier molecular flexibility index (Phi) is 7.65.